The highest BCUT2D eigenvalue weighted by molar-refractivity contribution is 8.00. The summed E-state index contributed by atoms with van der Waals surface area (Å²) >= 11 is 1.54. The predicted octanol–water partition coefficient (Wildman–Crippen LogP) is 3.10. The first-order chi connectivity index (χ1) is 8.02. The SMILES string of the molecule is CCC(=O)C(C)Sc1ccc(NC(C)=O)cc1. The molecule has 1 rings (SSSR count). The summed E-state index contributed by atoms with van der Waals surface area (Å²) in [5.74, 6) is 0.167. The van der Waals surface area contributed by atoms with Crippen LogP contribution in [0.15, 0.2) is 29.2 Å². The number of hydrogen-bond donors (Lipinski definition) is 1. The molecule has 92 valence electrons. The Morgan fingerprint density at radius 3 is 2.35 bits per heavy atom. The molecule has 1 unspecified atom stereocenters. The summed E-state index contributed by atoms with van der Waals surface area (Å²) in [6.07, 6.45) is 0.568. The minimum atomic E-state index is -0.0834. The molecule has 0 aliphatic carbocycles. The molecule has 1 aromatic rings. The first-order valence-corrected chi connectivity index (χ1v) is 6.48. The van der Waals surface area contributed by atoms with Gasteiger partial charge in [-0.15, -0.1) is 11.8 Å². The number of carbonyl (C=O) groups is 2. The van der Waals surface area contributed by atoms with Gasteiger partial charge in [0.05, 0.1) is 5.25 Å². The van der Waals surface area contributed by atoms with Gasteiger partial charge < -0.3 is 5.32 Å². The summed E-state index contributed by atoms with van der Waals surface area (Å²) in [6.45, 7) is 5.27. The van der Waals surface area contributed by atoms with Crippen LogP contribution in [-0.2, 0) is 9.59 Å². The van der Waals surface area contributed by atoms with Gasteiger partial charge in [-0.2, -0.15) is 0 Å². The van der Waals surface area contributed by atoms with E-state index < -0.39 is 0 Å². The molecular formula is C13H17NO2S. The molecule has 0 aliphatic rings. The zero-order chi connectivity index (χ0) is 12.8. The third-order valence-electron chi connectivity index (χ3n) is 2.29. The third kappa shape index (κ3) is 4.61. The van der Waals surface area contributed by atoms with Crippen molar-refractivity contribution in [1.29, 1.82) is 0 Å². The van der Waals surface area contributed by atoms with Crippen LogP contribution in [0.3, 0.4) is 0 Å². The molecule has 0 saturated carbocycles. The molecule has 0 spiro atoms. The van der Waals surface area contributed by atoms with Gasteiger partial charge in [0.25, 0.3) is 0 Å². The van der Waals surface area contributed by atoms with E-state index in [9.17, 15) is 9.59 Å². The van der Waals surface area contributed by atoms with Crippen molar-refractivity contribution in [1.82, 2.24) is 0 Å². The van der Waals surface area contributed by atoms with Gasteiger partial charge in [0.15, 0.2) is 0 Å². The molecule has 0 saturated heterocycles. The predicted molar refractivity (Wildman–Crippen MR) is 71.4 cm³/mol. The van der Waals surface area contributed by atoms with E-state index >= 15 is 0 Å². The van der Waals surface area contributed by atoms with Gasteiger partial charge in [0.2, 0.25) is 5.91 Å². The van der Waals surface area contributed by atoms with Crippen molar-refractivity contribution in [3.63, 3.8) is 0 Å². The van der Waals surface area contributed by atoms with Crippen LogP contribution in [0.5, 0.6) is 0 Å². The van der Waals surface area contributed by atoms with Gasteiger partial charge in [-0.3, -0.25) is 9.59 Å². The number of hydrogen-bond acceptors (Lipinski definition) is 3. The summed E-state index contributed by atoms with van der Waals surface area (Å²) in [4.78, 5) is 23.3. The zero-order valence-electron chi connectivity index (χ0n) is 10.3. The molecule has 0 radical (unpaired) electrons. The number of benzene rings is 1. The lowest BCUT2D eigenvalue weighted by atomic mass is 10.2. The summed E-state index contributed by atoms with van der Waals surface area (Å²) in [5, 5.41) is 2.68. The zero-order valence-corrected chi connectivity index (χ0v) is 11.1. The van der Waals surface area contributed by atoms with E-state index in [1.54, 1.807) is 11.8 Å². The Bertz CT molecular complexity index is 400. The third-order valence-corrected chi connectivity index (χ3v) is 3.45. The molecule has 0 fully saturated rings. The van der Waals surface area contributed by atoms with Crippen LogP contribution in [-0.4, -0.2) is 16.9 Å². The van der Waals surface area contributed by atoms with Gasteiger partial charge in [-0.05, 0) is 31.2 Å². The summed E-state index contributed by atoms with van der Waals surface area (Å²) in [7, 11) is 0. The Hall–Kier alpha value is -1.29. The van der Waals surface area contributed by atoms with Crippen molar-refractivity contribution in [2.45, 2.75) is 37.3 Å². The highest BCUT2D eigenvalue weighted by Crippen LogP contribution is 2.25. The molecule has 0 aromatic heterocycles. The smallest absolute Gasteiger partial charge is 0.221 e. The molecule has 4 heteroatoms. The van der Waals surface area contributed by atoms with Gasteiger partial charge in [0.1, 0.15) is 5.78 Å². The lowest BCUT2D eigenvalue weighted by molar-refractivity contribution is -0.118. The maximum Gasteiger partial charge on any atom is 0.221 e. The number of rotatable bonds is 5. The van der Waals surface area contributed by atoms with E-state index in [0.717, 1.165) is 10.6 Å². The van der Waals surface area contributed by atoms with E-state index in [-0.39, 0.29) is 16.9 Å². The van der Waals surface area contributed by atoms with Gasteiger partial charge >= 0.3 is 0 Å². The van der Waals surface area contributed by atoms with Crippen molar-refractivity contribution in [3.05, 3.63) is 24.3 Å². The summed E-state index contributed by atoms with van der Waals surface area (Å²) in [6, 6.07) is 7.50. The van der Waals surface area contributed by atoms with Gasteiger partial charge in [-0.25, -0.2) is 0 Å². The fourth-order valence-corrected chi connectivity index (χ4v) is 2.38. The Labute approximate surface area is 106 Å². The monoisotopic (exact) mass is 251 g/mol. The second-order valence-corrected chi connectivity index (χ2v) is 5.20. The Morgan fingerprint density at radius 2 is 1.88 bits per heavy atom. The first kappa shape index (κ1) is 13.8. The molecule has 0 aliphatic heterocycles. The molecule has 1 atom stereocenters. The molecule has 1 N–H and O–H groups in total. The van der Waals surface area contributed by atoms with Crippen molar-refractivity contribution >= 4 is 29.1 Å². The maximum absolute atomic E-state index is 11.5. The van der Waals surface area contributed by atoms with E-state index in [1.165, 1.54) is 6.92 Å². The average molecular weight is 251 g/mol. The van der Waals surface area contributed by atoms with Crippen LogP contribution in [0.2, 0.25) is 0 Å². The number of amides is 1. The highest BCUT2D eigenvalue weighted by Gasteiger charge is 2.11. The molecule has 1 amide bonds. The number of carbonyl (C=O) groups excluding carboxylic acids is 2. The lowest BCUT2D eigenvalue weighted by Crippen LogP contribution is -2.11. The fraction of sp³-hybridized carbons (Fsp3) is 0.385. The lowest BCUT2D eigenvalue weighted by Gasteiger charge is -2.09. The largest absolute Gasteiger partial charge is 0.326 e. The Morgan fingerprint density at radius 1 is 1.29 bits per heavy atom. The number of thioether (sulfide) groups is 1. The van der Waals surface area contributed by atoms with Crippen LogP contribution >= 0.6 is 11.8 Å². The molecular weight excluding hydrogens is 234 g/mol. The van der Waals surface area contributed by atoms with Crippen molar-refractivity contribution < 1.29 is 9.59 Å². The maximum atomic E-state index is 11.5. The van der Waals surface area contributed by atoms with Crippen LogP contribution in [0.1, 0.15) is 27.2 Å². The van der Waals surface area contributed by atoms with E-state index in [4.69, 9.17) is 0 Å². The summed E-state index contributed by atoms with van der Waals surface area (Å²) < 4.78 is 0. The summed E-state index contributed by atoms with van der Waals surface area (Å²) in [5.41, 5.74) is 0.774. The quantitative estimate of drug-likeness (QED) is 0.818. The number of nitrogens with one attached hydrogen (secondary N) is 1. The van der Waals surface area contributed by atoms with Crippen molar-refractivity contribution in [2.75, 3.05) is 5.32 Å². The van der Waals surface area contributed by atoms with Crippen LogP contribution in [0.4, 0.5) is 5.69 Å². The Kier molecular flexibility index (Phi) is 5.22. The number of ketones is 1. The van der Waals surface area contributed by atoms with Crippen molar-refractivity contribution in [2.24, 2.45) is 0 Å². The second kappa shape index (κ2) is 6.45. The van der Waals surface area contributed by atoms with Gasteiger partial charge in [-0.1, -0.05) is 6.92 Å². The fourth-order valence-electron chi connectivity index (χ4n) is 1.38. The van der Waals surface area contributed by atoms with E-state index in [1.807, 2.05) is 38.1 Å². The molecule has 3 nitrogen and oxygen atoms in total. The molecule has 17 heavy (non-hydrogen) atoms. The highest BCUT2D eigenvalue weighted by atomic mass is 32.2. The van der Waals surface area contributed by atoms with E-state index in [0.29, 0.717) is 6.42 Å². The van der Waals surface area contributed by atoms with Crippen molar-refractivity contribution in [3.8, 4) is 0 Å². The minimum Gasteiger partial charge on any atom is -0.326 e. The Balaban J connectivity index is 2.62. The van der Waals surface area contributed by atoms with Crippen LogP contribution in [0.25, 0.3) is 0 Å². The van der Waals surface area contributed by atoms with E-state index in [2.05, 4.69) is 5.32 Å². The first-order valence-electron chi connectivity index (χ1n) is 5.60. The number of Topliss-reactive ketones (excluding diaryl/α,β-unsaturated/α-hetero) is 1. The van der Waals surface area contributed by atoms with Gasteiger partial charge in [0, 0.05) is 23.9 Å². The minimum absolute atomic E-state index is 0.0217. The normalized spacial score (nSPS) is 11.9. The number of anilines is 1. The topological polar surface area (TPSA) is 46.2 Å². The standard InChI is InChI=1S/C13H17NO2S/c1-4-13(16)9(2)17-12-7-5-11(6-8-12)14-10(3)15/h5-9H,4H2,1-3H3,(H,14,15). The molecule has 0 bridgehead atoms. The second-order valence-electron chi connectivity index (χ2n) is 3.79. The van der Waals surface area contributed by atoms with Crippen LogP contribution < -0.4 is 5.32 Å². The molecule has 1 aromatic carbocycles. The molecule has 0 heterocycles. The average Bonchev–Trinajstić information content (AvgIpc) is 2.30. The van der Waals surface area contributed by atoms with Crippen LogP contribution in [0, 0.1) is 0 Å².